The third-order valence-electron chi connectivity index (χ3n) is 3.81. The second-order valence-electron chi connectivity index (χ2n) is 5.83. The van der Waals surface area contributed by atoms with Crippen LogP contribution in [0.4, 0.5) is 13.2 Å². The number of aryl methyl sites for hydroxylation is 1. The van der Waals surface area contributed by atoms with Gasteiger partial charge in [-0.15, -0.1) is 0 Å². The first-order valence-corrected chi connectivity index (χ1v) is 7.12. The zero-order valence-corrected chi connectivity index (χ0v) is 13.4. The first-order valence-electron chi connectivity index (χ1n) is 7.12. The van der Waals surface area contributed by atoms with E-state index in [4.69, 9.17) is 11.0 Å². The number of nitrogens with zero attached hydrogens (tertiary/aromatic N) is 3. The van der Waals surface area contributed by atoms with E-state index in [0.29, 0.717) is 5.56 Å². The van der Waals surface area contributed by atoms with Crippen LogP contribution >= 0.6 is 0 Å². The molecule has 0 bridgehead atoms. The average Bonchev–Trinajstić information content (AvgIpc) is 2.92. The number of rotatable bonds is 4. The molecule has 2 atom stereocenters. The number of nitriles is 1. The highest BCUT2D eigenvalue weighted by Crippen LogP contribution is 2.36. The second kappa shape index (κ2) is 6.22. The molecule has 2 rings (SSSR count). The van der Waals surface area contributed by atoms with Gasteiger partial charge in [0.2, 0.25) is 0 Å². The van der Waals surface area contributed by atoms with Crippen molar-refractivity contribution in [3.05, 3.63) is 52.8 Å². The van der Waals surface area contributed by atoms with Gasteiger partial charge in [-0.25, -0.2) is 0 Å². The molecule has 3 N–H and O–H groups in total. The summed E-state index contributed by atoms with van der Waals surface area (Å²) < 4.78 is 40.8. The quantitative estimate of drug-likeness (QED) is 0.877. The van der Waals surface area contributed by atoms with Crippen LogP contribution in [0.25, 0.3) is 0 Å². The van der Waals surface area contributed by atoms with Gasteiger partial charge in [0, 0.05) is 6.20 Å². The molecule has 9 heteroatoms. The molecule has 2 unspecified atom stereocenters. The van der Waals surface area contributed by atoms with Crippen LogP contribution in [0.3, 0.4) is 0 Å². The van der Waals surface area contributed by atoms with E-state index in [2.05, 4.69) is 5.10 Å². The highest BCUT2D eigenvalue weighted by Gasteiger charge is 2.42. The van der Waals surface area contributed by atoms with Crippen molar-refractivity contribution in [3.63, 3.8) is 0 Å². The van der Waals surface area contributed by atoms with Crippen LogP contribution in [-0.4, -0.2) is 26.4 Å². The predicted molar refractivity (Wildman–Crippen MR) is 81.1 cm³/mol. The molecule has 0 aliphatic rings. The lowest BCUT2D eigenvalue weighted by Crippen LogP contribution is -2.48. The Labute approximate surface area is 141 Å². The molecular weight excluding hydrogens is 337 g/mol. The number of benzene rings is 1. The van der Waals surface area contributed by atoms with Gasteiger partial charge in [0.25, 0.3) is 5.91 Å². The molecule has 132 valence electrons. The van der Waals surface area contributed by atoms with Crippen molar-refractivity contribution in [2.24, 2.45) is 5.73 Å². The molecule has 0 saturated heterocycles. The lowest BCUT2D eigenvalue weighted by atomic mass is 9.88. The number of aromatic nitrogens is 2. The lowest BCUT2D eigenvalue weighted by molar-refractivity contribution is -0.138. The van der Waals surface area contributed by atoms with E-state index < -0.39 is 34.9 Å². The van der Waals surface area contributed by atoms with Crippen molar-refractivity contribution >= 4 is 5.91 Å². The number of halogens is 3. The van der Waals surface area contributed by atoms with Crippen LogP contribution < -0.4 is 5.73 Å². The largest absolute Gasteiger partial charge is 0.417 e. The van der Waals surface area contributed by atoms with E-state index in [1.807, 2.05) is 0 Å². The van der Waals surface area contributed by atoms with Gasteiger partial charge >= 0.3 is 6.18 Å². The molecule has 1 heterocycles. The van der Waals surface area contributed by atoms with E-state index >= 15 is 0 Å². The van der Waals surface area contributed by atoms with E-state index in [9.17, 15) is 23.1 Å². The van der Waals surface area contributed by atoms with Crippen LogP contribution in [0, 0.1) is 18.3 Å². The normalized spacial score (nSPS) is 15.2. The van der Waals surface area contributed by atoms with E-state index in [1.54, 1.807) is 6.92 Å². The number of aliphatic hydroxyl groups is 1. The summed E-state index contributed by atoms with van der Waals surface area (Å²) in [6, 6.07) is 3.11. The molecule has 1 aromatic heterocycles. The summed E-state index contributed by atoms with van der Waals surface area (Å²) in [5.74, 6) is -1.12. The Bertz CT molecular complexity index is 850. The van der Waals surface area contributed by atoms with E-state index in [0.717, 1.165) is 19.1 Å². The Morgan fingerprint density at radius 3 is 2.52 bits per heavy atom. The zero-order valence-electron chi connectivity index (χ0n) is 13.4. The fourth-order valence-electron chi connectivity index (χ4n) is 2.51. The Balaban J connectivity index is 2.71. The van der Waals surface area contributed by atoms with Gasteiger partial charge in [-0.1, -0.05) is 6.07 Å². The van der Waals surface area contributed by atoms with Crippen LogP contribution in [0.15, 0.2) is 30.6 Å². The smallest absolute Gasteiger partial charge is 0.378 e. The van der Waals surface area contributed by atoms with E-state index in [1.165, 1.54) is 29.2 Å². The number of alkyl halides is 3. The third-order valence-corrected chi connectivity index (χ3v) is 3.81. The molecule has 6 nitrogen and oxygen atoms in total. The molecule has 0 saturated carbocycles. The maximum atomic E-state index is 13.2. The Hall–Kier alpha value is -2.86. The summed E-state index contributed by atoms with van der Waals surface area (Å²) in [6.07, 6.45) is -1.88. The lowest BCUT2D eigenvalue weighted by Gasteiger charge is -2.31. The molecule has 0 aliphatic carbocycles. The van der Waals surface area contributed by atoms with Gasteiger partial charge in [-0.2, -0.15) is 23.5 Å². The Morgan fingerprint density at radius 2 is 2.08 bits per heavy atom. The van der Waals surface area contributed by atoms with Gasteiger partial charge in [-0.3, -0.25) is 9.48 Å². The number of nitrogens with two attached hydrogens (primary N) is 1. The summed E-state index contributed by atoms with van der Waals surface area (Å²) in [7, 11) is 0. The molecule has 0 fully saturated rings. The maximum Gasteiger partial charge on any atom is 0.417 e. The van der Waals surface area contributed by atoms with Crippen LogP contribution in [0.2, 0.25) is 0 Å². The number of amides is 1. The highest BCUT2D eigenvalue weighted by molar-refractivity contribution is 5.84. The maximum absolute atomic E-state index is 13.2. The molecule has 1 amide bonds. The number of carbonyl (C=O) groups is 1. The molecule has 0 spiro atoms. The molecule has 2 aromatic rings. The first kappa shape index (κ1) is 18.5. The average molecular weight is 352 g/mol. The fraction of sp³-hybridized carbons (Fsp3) is 0.312. The monoisotopic (exact) mass is 352 g/mol. The number of carbonyl (C=O) groups excluding carboxylic acids is 1. The summed E-state index contributed by atoms with van der Waals surface area (Å²) in [5.41, 5.74) is 1.90. The highest BCUT2D eigenvalue weighted by atomic mass is 19.4. The fourth-order valence-corrected chi connectivity index (χ4v) is 2.51. The zero-order chi connectivity index (χ0) is 19.0. The van der Waals surface area contributed by atoms with E-state index in [-0.39, 0.29) is 5.56 Å². The van der Waals surface area contributed by atoms with Gasteiger partial charge in [0.1, 0.15) is 6.04 Å². The van der Waals surface area contributed by atoms with Crippen molar-refractivity contribution < 1.29 is 23.1 Å². The number of primary amides is 1. The predicted octanol–water partition coefficient (Wildman–Crippen LogP) is 1.91. The summed E-state index contributed by atoms with van der Waals surface area (Å²) in [4.78, 5) is 11.7. The second-order valence-corrected chi connectivity index (χ2v) is 5.83. The summed E-state index contributed by atoms with van der Waals surface area (Å²) >= 11 is 0. The minimum absolute atomic E-state index is 0.0572. The Morgan fingerprint density at radius 1 is 1.44 bits per heavy atom. The number of hydrogen-bond acceptors (Lipinski definition) is 4. The van der Waals surface area contributed by atoms with Gasteiger partial charge in [0.15, 0.2) is 5.60 Å². The van der Waals surface area contributed by atoms with Gasteiger partial charge < -0.3 is 10.8 Å². The minimum atomic E-state index is -4.77. The molecule has 25 heavy (non-hydrogen) atoms. The summed E-state index contributed by atoms with van der Waals surface area (Å²) in [6.45, 7) is 2.79. The van der Waals surface area contributed by atoms with Crippen molar-refractivity contribution in [3.8, 4) is 6.07 Å². The standard InChI is InChI=1S/C16H15F3N4O2/c1-9-7-22-23(8-9)13(15(2,25)14(21)24)10-3-4-11(6-20)12(5-10)16(17,18)19/h3-5,7-8,13,25H,1-2H3,(H2,21,24). The third kappa shape index (κ3) is 3.49. The van der Waals surface area contributed by atoms with Crippen molar-refractivity contribution in [1.29, 1.82) is 5.26 Å². The van der Waals surface area contributed by atoms with Crippen molar-refractivity contribution in [1.82, 2.24) is 9.78 Å². The topological polar surface area (TPSA) is 105 Å². The first-order chi connectivity index (χ1) is 11.5. The molecule has 0 radical (unpaired) electrons. The molecule has 1 aromatic carbocycles. The van der Waals surface area contributed by atoms with Crippen molar-refractivity contribution in [2.45, 2.75) is 31.7 Å². The molecular formula is C16H15F3N4O2. The van der Waals surface area contributed by atoms with Crippen molar-refractivity contribution in [2.75, 3.05) is 0 Å². The van der Waals surface area contributed by atoms with Gasteiger partial charge in [-0.05, 0) is 37.1 Å². The summed E-state index contributed by atoms with van der Waals surface area (Å²) in [5, 5.41) is 23.4. The van der Waals surface area contributed by atoms with Gasteiger partial charge in [0.05, 0.1) is 23.4 Å². The number of hydrogen-bond donors (Lipinski definition) is 2. The van der Waals surface area contributed by atoms with Crippen LogP contribution in [0.1, 0.15) is 35.2 Å². The Kier molecular flexibility index (Phi) is 4.59. The van der Waals surface area contributed by atoms with Crippen LogP contribution in [0.5, 0.6) is 0 Å². The SMILES string of the molecule is Cc1cnn(C(c2ccc(C#N)c(C(F)(F)F)c2)C(C)(O)C(N)=O)c1. The minimum Gasteiger partial charge on any atom is -0.378 e. The van der Waals surface area contributed by atoms with Crippen LogP contribution in [-0.2, 0) is 11.0 Å². The molecule has 0 aliphatic heterocycles.